The molecule has 0 spiro atoms. The maximum atomic E-state index is 13.8. The quantitative estimate of drug-likeness (QED) is 0.204. The van der Waals surface area contributed by atoms with Gasteiger partial charge in [0.2, 0.25) is 0 Å². The minimum absolute atomic E-state index is 0.00401. The van der Waals surface area contributed by atoms with E-state index in [1.165, 1.54) is 25.1 Å². The van der Waals surface area contributed by atoms with Gasteiger partial charge in [0, 0.05) is 29.6 Å². The zero-order valence-corrected chi connectivity index (χ0v) is 15.8. The van der Waals surface area contributed by atoms with Gasteiger partial charge in [-0.25, -0.2) is 8.78 Å². The van der Waals surface area contributed by atoms with Gasteiger partial charge in [-0.15, -0.1) is 0 Å². The summed E-state index contributed by atoms with van der Waals surface area (Å²) in [6.07, 6.45) is -4.37. The Balaban J connectivity index is 3.43. The van der Waals surface area contributed by atoms with E-state index in [1.807, 2.05) is 0 Å². The number of alkyl halides is 5. The zero-order chi connectivity index (χ0) is 21.5. The van der Waals surface area contributed by atoms with Crippen LogP contribution in [0.5, 0.6) is 0 Å². The highest BCUT2D eigenvalue weighted by molar-refractivity contribution is 5.82. The number of halogens is 5. The Hall–Kier alpha value is -2.70. The highest BCUT2D eigenvalue weighted by atomic mass is 19.4. The van der Waals surface area contributed by atoms with Crippen LogP contribution >= 0.6 is 0 Å². The van der Waals surface area contributed by atoms with Crippen LogP contribution in [0.15, 0.2) is 66.0 Å². The first-order chi connectivity index (χ1) is 13.0. The number of nitrogens with one attached hydrogen (secondary N) is 1. The Morgan fingerprint density at radius 3 is 2.39 bits per heavy atom. The van der Waals surface area contributed by atoms with Crippen molar-refractivity contribution in [2.75, 3.05) is 12.0 Å². The molecule has 0 fully saturated rings. The SMILES string of the molecule is C=C(C)CC(=C)Nc1ccc(C(F)CF)cc1C(=C)/C=C(\N=CC)C(F)(F)F. The number of nitrogens with zero attached hydrogens (tertiary/aromatic N) is 1. The van der Waals surface area contributed by atoms with E-state index < -0.39 is 24.7 Å². The molecule has 1 N–H and O–H groups in total. The van der Waals surface area contributed by atoms with E-state index in [4.69, 9.17) is 0 Å². The lowest BCUT2D eigenvalue weighted by molar-refractivity contribution is -0.0922. The molecule has 0 aromatic heterocycles. The third kappa shape index (κ3) is 6.79. The number of rotatable bonds is 9. The number of allylic oxidation sites excluding steroid dienone is 4. The molecule has 0 amide bonds. The van der Waals surface area contributed by atoms with Gasteiger partial charge in [-0.1, -0.05) is 31.4 Å². The number of anilines is 1. The van der Waals surface area contributed by atoms with Gasteiger partial charge in [-0.05, 0) is 43.2 Å². The highest BCUT2D eigenvalue weighted by Gasteiger charge is 2.33. The molecule has 152 valence electrons. The van der Waals surface area contributed by atoms with E-state index >= 15 is 0 Å². The topological polar surface area (TPSA) is 24.4 Å². The van der Waals surface area contributed by atoms with Crippen molar-refractivity contribution in [3.8, 4) is 0 Å². The molecule has 0 heterocycles. The van der Waals surface area contributed by atoms with E-state index in [2.05, 4.69) is 30.0 Å². The van der Waals surface area contributed by atoms with Crippen molar-refractivity contribution in [3.05, 3.63) is 72.1 Å². The Bertz CT molecular complexity index is 804. The second-order valence-electron chi connectivity index (χ2n) is 6.23. The van der Waals surface area contributed by atoms with Gasteiger partial charge >= 0.3 is 6.18 Å². The molecule has 0 saturated heterocycles. The molecule has 0 radical (unpaired) electrons. The molecule has 2 nitrogen and oxygen atoms in total. The normalized spacial score (nSPS) is 13.5. The molecule has 1 aromatic rings. The van der Waals surface area contributed by atoms with Gasteiger partial charge in [0.15, 0.2) is 6.17 Å². The smallest absolute Gasteiger partial charge is 0.359 e. The molecule has 0 aliphatic carbocycles. The molecule has 1 rings (SSSR count). The van der Waals surface area contributed by atoms with Crippen LogP contribution in [0.3, 0.4) is 0 Å². The van der Waals surface area contributed by atoms with Crippen LogP contribution in [-0.2, 0) is 0 Å². The third-order valence-corrected chi connectivity index (χ3v) is 3.58. The zero-order valence-electron chi connectivity index (χ0n) is 15.8. The van der Waals surface area contributed by atoms with Crippen molar-refractivity contribution in [1.82, 2.24) is 0 Å². The van der Waals surface area contributed by atoms with Gasteiger partial charge in [-0.2, -0.15) is 13.2 Å². The molecule has 0 aliphatic heterocycles. The summed E-state index contributed by atoms with van der Waals surface area (Å²) in [6.45, 7) is 13.2. The average Bonchev–Trinajstić information content (AvgIpc) is 2.59. The monoisotopic (exact) mass is 398 g/mol. The Labute approximate surface area is 161 Å². The lowest BCUT2D eigenvalue weighted by Crippen LogP contribution is -2.10. The van der Waals surface area contributed by atoms with Crippen LogP contribution in [0.1, 0.15) is 37.6 Å². The van der Waals surface area contributed by atoms with Gasteiger partial charge in [0.25, 0.3) is 0 Å². The van der Waals surface area contributed by atoms with Crippen LogP contribution in [0, 0.1) is 0 Å². The third-order valence-electron chi connectivity index (χ3n) is 3.58. The van der Waals surface area contributed by atoms with Crippen molar-refractivity contribution in [1.29, 1.82) is 0 Å². The number of benzene rings is 1. The summed E-state index contributed by atoms with van der Waals surface area (Å²) in [5, 5.41) is 2.97. The maximum Gasteiger partial charge on any atom is 0.433 e. The molecule has 28 heavy (non-hydrogen) atoms. The average molecular weight is 398 g/mol. The molecule has 0 saturated carbocycles. The molecule has 1 atom stereocenters. The van der Waals surface area contributed by atoms with Gasteiger partial charge in [0.1, 0.15) is 12.4 Å². The van der Waals surface area contributed by atoms with Crippen LogP contribution in [0.25, 0.3) is 5.57 Å². The summed E-state index contributed by atoms with van der Waals surface area (Å²) in [4.78, 5) is 3.33. The Morgan fingerprint density at radius 1 is 1.25 bits per heavy atom. The summed E-state index contributed by atoms with van der Waals surface area (Å²) >= 11 is 0. The minimum atomic E-state index is -4.69. The molecule has 1 aromatic carbocycles. The van der Waals surface area contributed by atoms with E-state index in [-0.39, 0.29) is 16.7 Å². The fourth-order valence-electron chi connectivity index (χ4n) is 2.39. The van der Waals surface area contributed by atoms with Gasteiger partial charge in [0.05, 0.1) is 0 Å². The Kier molecular flexibility index (Phi) is 8.35. The Morgan fingerprint density at radius 2 is 1.89 bits per heavy atom. The lowest BCUT2D eigenvalue weighted by atomic mass is 9.98. The fraction of sp³-hybridized carbons (Fsp3) is 0.286. The molecular formula is C21H23F5N2. The van der Waals surface area contributed by atoms with Gasteiger partial charge < -0.3 is 5.32 Å². The van der Waals surface area contributed by atoms with E-state index in [0.717, 1.165) is 17.9 Å². The summed E-state index contributed by atoms with van der Waals surface area (Å²) < 4.78 is 65.9. The van der Waals surface area contributed by atoms with Crippen molar-refractivity contribution in [3.63, 3.8) is 0 Å². The standard InChI is InChI=1S/C21H23F5N2/c1-6-27-20(21(24,25)26)10-14(4)17-11-16(18(23)12-22)7-8-19(17)28-15(5)9-13(2)3/h6-8,10-11,18,28H,2,4-5,9,12H2,1,3H3/b20-10-,27-6?. The van der Waals surface area contributed by atoms with E-state index in [0.29, 0.717) is 17.8 Å². The lowest BCUT2D eigenvalue weighted by Gasteiger charge is -2.17. The first-order valence-electron chi connectivity index (χ1n) is 8.39. The summed E-state index contributed by atoms with van der Waals surface area (Å²) in [5.41, 5.74) is 0.704. The number of hydrogen-bond acceptors (Lipinski definition) is 2. The van der Waals surface area contributed by atoms with E-state index in [1.54, 1.807) is 6.92 Å². The predicted molar refractivity (Wildman–Crippen MR) is 106 cm³/mol. The second-order valence-corrected chi connectivity index (χ2v) is 6.23. The molecular weight excluding hydrogens is 375 g/mol. The highest BCUT2D eigenvalue weighted by Crippen LogP contribution is 2.34. The first-order valence-corrected chi connectivity index (χ1v) is 8.39. The van der Waals surface area contributed by atoms with Gasteiger partial charge in [-0.3, -0.25) is 4.99 Å². The van der Waals surface area contributed by atoms with E-state index in [9.17, 15) is 22.0 Å². The maximum absolute atomic E-state index is 13.8. The van der Waals surface area contributed by atoms with Crippen molar-refractivity contribution in [2.45, 2.75) is 32.6 Å². The van der Waals surface area contributed by atoms with Crippen molar-refractivity contribution < 1.29 is 22.0 Å². The molecule has 7 heteroatoms. The van der Waals surface area contributed by atoms with Crippen LogP contribution in [0.4, 0.5) is 27.6 Å². The first kappa shape index (κ1) is 23.3. The molecule has 0 bridgehead atoms. The summed E-state index contributed by atoms with van der Waals surface area (Å²) in [6, 6.07) is 4.07. The van der Waals surface area contributed by atoms with Crippen molar-refractivity contribution >= 4 is 17.5 Å². The number of aliphatic imine (C=N–C) groups is 1. The molecule has 1 unspecified atom stereocenters. The van der Waals surface area contributed by atoms with Crippen LogP contribution in [-0.4, -0.2) is 19.1 Å². The summed E-state index contributed by atoms with van der Waals surface area (Å²) in [7, 11) is 0. The van der Waals surface area contributed by atoms with Crippen molar-refractivity contribution in [2.24, 2.45) is 4.99 Å². The van der Waals surface area contributed by atoms with Crippen LogP contribution < -0.4 is 5.32 Å². The van der Waals surface area contributed by atoms with Crippen LogP contribution in [0.2, 0.25) is 0 Å². The largest absolute Gasteiger partial charge is 0.433 e. The predicted octanol–water partition coefficient (Wildman–Crippen LogP) is 7.11. The minimum Gasteiger partial charge on any atom is -0.359 e. The fourth-order valence-corrected chi connectivity index (χ4v) is 2.39. The number of hydrogen-bond donors (Lipinski definition) is 1. The summed E-state index contributed by atoms with van der Waals surface area (Å²) in [5.74, 6) is 0. The molecule has 0 aliphatic rings. The second kappa shape index (κ2) is 10.0.